The molecule has 148 valence electrons. The minimum Gasteiger partial charge on any atom is -0.378 e. The molecule has 1 aromatic carbocycles. The minimum atomic E-state index is -0.0816. The summed E-state index contributed by atoms with van der Waals surface area (Å²) in [6.07, 6.45) is 3.29. The van der Waals surface area contributed by atoms with Crippen LogP contribution in [0.5, 0.6) is 0 Å². The van der Waals surface area contributed by atoms with Gasteiger partial charge < -0.3 is 19.9 Å². The summed E-state index contributed by atoms with van der Waals surface area (Å²) in [6, 6.07) is 5.79. The van der Waals surface area contributed by atoms with Gasteiger partial charge in [-0.3, -0.25) is 9.59 Å². The van der Waals surface area contributed by atoms with Crippen LogP contribution in [-0.2, 0) is 9.53 Å². The van der Waals surface area contributed by atoms with Crippen LogP contribution >= 0.6 is 11.6 Å². The van der Waals surface area contributed by atoms with Crippen LogP contribution in [0.15, 0.2) is 18.2 Å². The molecule has 2 amide bonds. The zero-order valence-electron chi connectivity index (χ0n) is 16.0. The second-order valence-electron chi connectivity index (χ2n) is 7.38. The van der Waals surface area contributed by atoms with Crippen molar-refractivity contribution in [3.8, 4) is 0 Å². The van der Waals surface area contributed by atoms with Gasteiger partial charge in [-0.2, -0.15) is 0 Å². The Kier molecular flexibility index (Phi) is 6.60. The van der Waals surface area contributed by atoms with E-state index in [1.165, 1.54) is 6.42 Å². The molecule has 3 rings (SSSR count). The largest absolute Gasteiger partial charge is 0.378 e. The van der Waals surface area contributed by atoms with E-state index in [1.54, 1.807) is 23.1 Å². The van der Waals surface area contributed by atoms with E-state index < -0.39 is 0 Å². The molecule has 0 bridgehead atoms. The van der Waals surface area contributed by atoms with Gasteiger partial charge in [0, 0.05) is 30.9 Å². The molecule has 2 aliphatic rings. The third-order valence-electron chi connectivity index (χ3n) is 5.42. The maximum absolute atomic E-state index is 12.6. The molecule has 2 atom stereocenters. The number of nitrogens with zero attached hydrogens (tertiary/aromatic N) is 2. The van der Waals surface area contributed by atoms with Crippen LogP contribution in [-0.4, -0.2) is 66.5 Å². The highest BCUT2D eigenvalue weighted by molar-refractivity contribution is 6.34. The quantitative estimate of drug-likeness (QED) is 0.854. The molecule has 2 heterocycles. The molecule has 6 nitrogen and oxygen atoms in total. The van der Waals surface area contributed by atoms with E-state index in [4.69, 9.17) is 16.3 Å². The Morgan fingerprint density at radius 1 is 1.19 bits per heavy atom. The van der Waals surface area contributed by atoms with E-state index >= 15 is 0 Å². The lowest BCUT2D eigenvalue weighted by Crippen LogP contribution is -2.49. The van der Waals surface area contributed by atoms with Gasteiger partial charge in [0.15, 0.2) is 0 Å². The monoisotopic (exact) mass is 393 g/mol. The van der Waals surface area contributed by atoms with Crippen molar-refractivity contribution in [1.82, 2.24) is 9.80 Å². The first-order chi connectivity index (χ1) is 13.0. The fourth-order valence-electron chi connectivity index (χ4n) is 3.92. The van der Waals surface area contributed by atoms with Crippen LogP contribution in [0.3, 0.4) is 0 Å². The van der Waals surface area contributed by atoms with Crippen LogP contribution in [0.2, 0.25) is 5.02 Å². The van der Waals surface area contributed by atoms with E-state index in [9.17, 15) is 9.59 Å². The molecular weight excluding hydrogens is 366 g/mol. The number of carbonyl (C=O) groups is 2. The number of morpholine rings is 1. The number of halogens is 1. The van der Waals surface area contributed by atoms with Gasteiger partial charge in [-0.1, -0.05) is 11.6 Å². The van der Waals surface area contributed by atoms with Crippen molar-refractivity contribution in [1.29, 1.82) is 0 Å². The fourth-order valence-corrected chi connectivity index (χ4v) is 4.18. The van der Waals surface area contributed by atoms with Crippen LogP contribution in [0.1, 0.15) is 43.5 Å². The van der Waals surface area contributed by atoms with E-state index in [2.05, 4.69) is 19.2 Å². The fraction of sp³-hybridized carbons (Fsp3) is 0.600. The van der Waals surface area contributed by atoms with Gasteiger partial charge in [0.2, 0.25) is 5.91 Å². The number of hydrogen-bond donors (Lipinski definition) is 1. The van der Waals surface area contributed by atoms with E-state index in [0.717, 1.165) is 18.5 Å². The summed E-state index contributed by atoms with van der Waals surface area (Å²) in [4.78, 5) is 28.9. The first-order valence-electron chi connectivity index (χ1n) is 9.69. The first kappa shape index (κ1) is 20.0. The molecule has 2 fully saturated rings. The molecule has 27 heavy (non-hydrogen) atoms. The van der Waals surface area contributed by atoms with Crippen LogP contribution < -0.4 is 5.32 Å². The highest BCUT2D eigenvalue weighted by Gasteiger charge is 2.28. The van der Waals surface area contributed by atoms with Gasteiger partial charge in [0.05, 0.1) is 30.3 Å². The number of benzene rings is 1. The summed E-state index contributed by atoms with van der Waals surface area (Å²) in [5.41, 5.74) is 1.22. The number of piperidine rings is 1. The van der Waals surface area contributed by atoms with E-state index in [-0.39, 0.29) is 30.4 Å². The maximum atomic E-state index is 12.6. The molecule has 2 aliphatic heterocycles. The van der Waals surface area contributed by atoms with Crippen molar-refractivity contribution >= 4 is 29.1 Å². The number of anilines is 1. The average molecular weight is 394 g/mol. The Morgan fingerprint density at radius 3 is 2.48 bits per heavy atom. The second-order valence-corrected chi connectivity index (χ2v) is 7.79. The zero-order valence-corrected chi connectivity index (χ0v) is 16.8. The van der Waals surface area contributed by atoms with Crippen LogP contribution in [0.25, 0.3) is 0 Å². The standard InChI is InChI=1S/C20H28ClN3O3/c1-14-4-3-5-15(2)24(14)19(25)13-22-16-6-7-17(18(21)12-16)20(26)23-8-10-27-11-9-23/h6-7,12,14-15,22H,3-5,8-11,13H2,1-2H3. The molecule has 0 spiro atoms. The Hall–Kier alpha value is -1.79. The molecule has 1 aromatic rings. The van der Waals surface area contributed by atoms with Crippen LogP contribution in [0, 0.1) is 0 Å². The molecule has 2 unspecified atom stereocenters. The first-order valence-corrected chi connectivity index (χ1v) is 10.1. The number of hydrogen-bond acceptors (Lipinski definition) is 4. The molecule has 0 radical (unpaired) electrons. The number of ether oxygens (including phenoxy) is 1. The summed E-state index contributed by atoms with van der Waals surface area (Å²) in [6.45, 7) is 6.71. The number of amides is 2. The second kappa shape index (κ2) is 8.93. The Morgan fingerprint density at radius 2 is 1.85 bits per heavy atom. The molecule has 0 saturated carbocycles. The number of nitrogens with one attached hydrogen (secondary N) is 1. The average Bonchev–Trinajstić information content (AvgIpc) is 2.66. The number of carbonyl (C=O) groups excluding carboxylic acids is 2. The summed E-state index contributed by atoms with van der Waals surface area (Å²) in [5.74, 6) is 0.0150. The topological polar surface area (TPSA) is 61.9 Å². The predicted octanol–water partition coefficient (Wildman–Crippen LogP) is 3.01. The summed E-state index contributed by atoms with van der Waals surface area (Å²) < 4.78 is 5.28. The molecule has 2 saturated heterocycles. The van der Waals surface area contributed by atoms with Gasteiger partial charge in [-0.15, -0.1) is 0 Å². The SMILES string of the molecule is CC1CCCC(C)N1C(=O)CNc1ccc(C(=O)N2CCOCC2)c(Cl)c1. The van der Waals surface area contributed by atoms with Crippen molar-refractivity contribution in [3.05, 3.63) is 28.8 Å². The van der Waals surface area contributed by atoms with Crippen molar-refractivity contribution in [3.63, 3.8) is 0 Å². The lowest BCUT2D eigenvalue weighted by atomic mass is 9.97. The highest BCUT2D eigenvalue weighted by Crippen LogP contribution is 2.24. The summed E-state index contributed by atoms with van der Waals surface area (Å²) in [5, 5.41) is 3.54. The number of likely N-dealkylation sites (tertiary alicyclic amines) is 1. The third-order valence-corrected chi connectivity index (χ3v) is 5.74. The molecular formula is C20H28ClN3O3. The molecule has 0 aromatic heterocycles. The number of rotatable bonds is 4. The van der Waals surface area contributed by atoms with Crippen molar-refractivity contribution in [2.75, 3.05) is 38.2 Å². The van der Waals surface area contributed by atoms with Gasteiger partial charge in [0.1, 0.15) is 0 Å². The minimum absolute atomic E-state index is 0.0816. The van der Waals surface area contributed by atoms with Crippen molar-refractivity contribution < 1.29 is 14.3 Å². The van der Waals surface area contributed by atoms with E-state index in [0.29, 0.717) is 36.9 Å². The Balaban J connectivity index is 1.60. The molecule has 0 aliphatic carbocycles. The summed E-state index contributed by atoms with van der Waals surface area (Å²) in [7, 11) is 0. The summed E-state index contributed by atoms with van der Waals surface area (Å²) >= 11 is 6.34. The lowest BCUT2D eigenvalue weighted by Gasteiger charge is -2.39. The smallest absolute Gasteiger partial charge is 0.255 e. The van der Waals surface area contributed by atoms with Crippen molar-refractivity contribution in [2.45, 2.75) is 45.2 Å². The highest BCUT2D eigenvalue weighted by atomic mass is 35.5. The third kappa shape index (κ3) is 4.74. The Labute approximate surface area is 165 Å². The molecule has 1 N–H and O–H groups in total. The lowest BCUT2D eigenvalue weighted by molar-refractivity contribution is -0.135. The van der Waals surface area contributed by atoms with Gasteiger partial charge in [0.25, 0.3) is 5.91 Å². The van der Waals surface area contributed by atoms with Crippen LogP contribution in [0.4, 0.5) is 5.69 Å². The van der Waals surface area contributed by atoms with Crippen molar-refractivity contribution in [2.24, 2.45) is 0 Å². The van der Waals surface area contributed by atoms with E-state index in [1.807, 2.05) is 4.90 Å². The van der Waals surface area contributed by atoms with Gasteiger partial charge in [-0.25, -0.2) is 0 Å². The maximum Gasteiger partial charge on any atom is 0.255 e. The normalized spacial score (nSPS) is 23.2. The predicted molar refractivity (Wildman–Crippen MR) is 106 cm³/mol. The zero-order chi connectivity index (χ0) is 19.4. The van der Waals surface area contributed by atoms with Gasteiger partial charge >= 0.3 is 0 Å². The Bertz CT molecular complexity index is 681. The molecule has 7 heteroatoms. The van der Waals surface area contributed by atoms with Gasteiger partial charge in [-0.05, 0) is 51.3 Å².